The van der Waals surface area contributed by atoms with Gasteiger partial charge in [-0.25, -0.2) is 14.2 Å². The zero-order valence-corrected chi connectivity index (χ0v) is 16.5. The first-order chi connectivity index (χ1) is 14.8. The van der Waals surface area contributed by atoms with Crippen LogP contribution in [0.25, 0.3) is 22.2 Å². The molecule has 5 nitrogen and oxygen atoms in total. The number of carbonyl (C=O) groups is 1. The second-order valence-corrected chi connectivity index (χ2v) is 8.02. The molecule has 1 atom stereocenters. The molecule has 3 heterocycles. The summed E-state index contributed by atoms with van der Waals surface area (Å²) in [6.07, 6.45) is -2.91. The van der Waals surface area contributed by atoms with Crippen molar-refractivity contribution < 1.29 is 22.4 Å². The lowest BCUT2D eigenvalue weighted by atomic mass is 10.0. The van der Waals surface area contributed by atoms with Gasteiger partial charge in [-0.15, -0.1) is 11.3 Å². The summed E-state index contributed by atoms with van der Waals surface area (Å²) in [5.41, 5.74) is 2.92. The summed E-state index contributed by atoms with van der Waals surface area (Å²) >= 11 is 0.526. The molecule has 2 amide bonds. The molecule has 2 aromatic heterocycles. The molecular weight excluding hydrogens is 432 g/mol. The van der Waals surface area contributed by atoms with Gasteiger partial charge in [0.2, 0.25) is 0 Å². The second kappa shape index (κ2) is 7.09. The van der Waals surface area contributed by atoms with Crippen molar-refractivity contribution in [3.63, 3.8) is 0 Å². The van der Waals surface area contributed by atoms with Crippen molar-refractivity contribution in [2.45, 2.75) is 12.2 Å². The van der Waals surface area contributed by atoms with Crippen LogP contribution in [0.5, 0.6) is 0 Å². The number of nitrogens with zero attached hydrogens (tertiary/aromatic N) is 2. The molecule has 2 aromatic carbocycles. The fourth-order valence-corrected chi connectivity index (χ4v) is 4.52. The maximum absolute atomic E-state index is 14.9. The normalized spacial score (nSPS) is 16.8. The van der Waals surface area contributed by atoms with Gasteiger partial charge in [-0.3, -0.25) is 4.90 Å². The van der Waals surface area contributed by atoms with Crippen molar-refractivity contribution in [3.05, 3.63) is 70.4 Å². The number of hydrogen-bond donors (Lipinski definition) is 2. The Hall–Kier alpha value is -3.40. The summed E-state index contributed by atoms with van der Waals surface area (Å²) < 4.78 is 53.5. The standard InChI is InChI=1S/C21H14F4N4OS/c22-15-5-11(1-3-14(15)12-6-19(31-9-12)21(23,24)25)18-8-26-20(30)29(18)13-2-4-16-17(7-13)28-10-27-16/h1-7,9-10,18H,8H2,(H,26,30)(H,27,28)/t18-/m1/s1. The Morgan fingerprint density at radius 3 is 2.71 bits per heavy atom. The van der Waals surface area contributed by atoms with Crippen LogP contribution in [0.1, 0.15) is 16.5 Å². The number of hydrogen-bond acceptors (Lipinski definition) is 3. The number of nitrogens with one attached hydrogen (secondary N) is 2. The number of amides is 2. The van der Waals surface area contributed by atoms with Crippen molar-refractivity contribution in [1.82, 2.24) is 15.3 Å². The number of imidazole rings is 1. The molecule has 1 aliphatic heterocycles. The third-order valence-corrected chi connectivity index (χ3v) is 6.20. The highest BCUT2D eigenvalue weighted by Crippen LogP contribution is 2.39. The van der Waals surface area contributed by atoms with Crippen LogP contribution in [-0.2, 0) is 6.18 Å². The first-order valence-electron chi connectivity index (χ1n) is 9.27. The lowest BCUT2D eigenvalue weighted by Crippen LogP contribution is -2.29. The highest BCUT2D eigenvalue weighted by Gasteiger charge is 2.35. The average Bonchev–Trinajstić information content (AvgIpc) is 3.46. The predicted molar refractivity (Wildman–Crippen MR) is 109 cm³/mol. The van der Waals surface area contributed by atoms with E-state index in [-0.39, 0.29) is 23.7 Å². The van der Waals surface area contributed by atoms with Gasteiger partial charge in [0, 0.05) is 17.8 Å². The number of aromatic nitrogens is 2. The molecule has 0 bridgehead atoms. The van der Waals surface area contributed by atoms with E-state index < -0.39 is 22.9 Å². The highest BCUT2D eigenvalue weighted by molar-refractivity contribution is 7.10. The number of fused-ring (bicyclic) bond motifs is 1. The van der Waals surface area contributed by atoms with Crippen LogP contribution in [0.4, 0.5) is 28.0 Å². The Morgan fingerprint density at radius 2 is 1.97 bits per heavy atom. The van der Waals surface area contributed by atoms with Gasteiger partial charge in [0.25, 0.3) is 0 Å². The number of urea groups is 1. The van der Waals surface area contributed by atoms with Crippen molar-refractivity contribution in [3.8, 4) is 11.1 Å². The summed E-state index contributed by atoms with van der Waals surface area (Å²) in [6, 6.07) is 9.84. The molecule has 10 heteroatoms. The zero-order chi connectivity index (χ0) is 21.8. The minimum absolute atomic E-state index is 0.0817. The molecular formula is C21H14F4N4OS. The van der Waals surface area contributed by atoms with Crippen molar-refractivity contribution in [1.29, 1.82) is 0 Å². The van der Waals surface area contributed by atoms with E-state index in [9.17, 15) is 22.4 Å². The molecule has 5 rings (SSSR count). The molecule has 1 aliphatic rings. The molecule has 1 fully saturated rings. The molecule has 0 unspecified atom stereocenters. The summed E-state index contributed by atoms with van der Waals surface area (Å²) in [6.45, 7) is 0.273. The number of alkyl halides is 3. The Kier molecular flexibility index (Phi) is 4.47. The number of H-pyrrole nitrogens is 1. The largest absolute Gasteiger partial charge is 0.425 e. The van der Waals surface area contributed by atoms with Gasteiger partial charge in [-0.05, 0) is 46.8 Å². The second-order valence-electron chi connectivity index (χ2n) is 7.11. The fraction of sp³-hybridized carbons (Fsp3) is 0.143. The Bertz CT molecular complexity index is 1300. The fourth-order valence-electron chi connectivity index (χ4n) is 3.74. The molecule has 2 N–H and O–H groups in total. The summed E-state index contributed by atoms with van der Waals surface area (Å²) in [5, 5.41) is 4.04. The number of rotatable bonds is 3. The summed E-state index contributed by atoms with van der Waals surface area (Å²) in [4.78, 5) is 20.4. The van der Waals surface area contributed by atoms with E-state index in [1.54, 1.807) is 30.6 Å². The monoisotopic (exact) mass is 446 g/mol. The lowest BCUT2D eigenvalue weighted by Gasteiger charge is -2.24. The average molecular weight is 446 g/mol. The number of anilines is 1. The maximum Gasteiger partial charge on any atom is 0.425 e. The quantitative estimate of drug-likeness (QED) is 0.396. The molecule has 0 radical (unpaired) electrons. The van der Waals surface area contributed by atoms with E-state index in [1.165, 1.54) is 22.4 Å². The maximum atomic E-state index is 14.9. The van der Waals surface area contributed by atoms with E-state index in [4.69, 9.17) is 0 Å². The van der Waals surface area contributed by atoms with Crippen molar-refractivity contribution in [2.24, 2.45) is 0 Å². The molecule has 1 saturated heterocycles. The van der Waals surface area contributed by atoms with Crippen LogP contribution in [0, 0.1) is 5.82 Å². The van der Waals surface area contributed by atoms with Gasteiger partial charge < -0.3 is 10.3 Å². The van der Waals surface area contributed by atoms with Gasteiger partial charge in [-0.2, -0.15) is 13.2 Å². The SMILES string of the molecule is O=C1NC[C@H](c2ccc(-c3csc(C(F)(F)F)c3)c(F)c2)N1c1ccc2nc[nH]c2c1. The molecule has 31 heavy (non-hydrogen) atoms. The van der Waals surface area contributed by atoms with Crippen LogP contribution in [0.2, 0.25) is 0 Å². The van der Waals surface area contributed by atoms with Crippen molar-refractivity contribution >= 4 is 34.1 Å². The Labute approximate surface area is 177 Å². The van der Waals surface area contributed by atoms with E-state index >= 15 is 0 Å². The number of carbonyl (C=O) groups excluding carboxylic acids is 1. The number of aromatic amines is 1. The Morgan fingerprint density at radius 1 is 1.13 bits per heavy atom. The van der Waals surface area contributed by atoms with Gasteiger partial charge in [-0.1, -0.05) is 12.1 Å². The first kappa shape index (κ1) is 19.6. The molecule has 158 valence electrons. The van der Waals surface area contributed by atoms with Crippen LogP contribution in [0.3, 0.4) is 0 Å². The van der Waals surface area contributed by atoms with E-state index in [0.717, 1.165) is 17.1 Å². The number of halogens is 4. The zero-order valence-electron chi connectivity index (χ0n) is 15.7. The van der Waals surface area contributed by atoms with Gasteiger partial charge in [0.15, 0.2) is 0 Å². The molecule has 0 saturated carbocycles. The minimum Gasteiger partial charge on any atom is -0.345 e. The van der Waals surface area contributed by atoms with Crippen molar-refractivity contribution in [2.75, 3.05) is 11.4 Å². The molecule has 0 aliphatic carbocycles. The highest BCUT2D eigenvalue weighted by atomic mass is 32.1. The molecule has 0 spiro atoms. The first-order valence-corrected chi connectivity index (χ1v) is 10.1. The van der Waals surface area contributed by atoms with E-state index in [1.807, 2.05) is 0 Å². The van der Waals surface area contributed by atoms with Crippen LogP contribution < -0.4 is 10.2 Å². The topological polar surface area (TPSA) is 61.0 Å². The van der Waals surface area contributed by atoms with E-state index in [0.29, 0.717) is 22.6 Å². The van der Waals surface area contributed by atoms with Gasteiger partial charge in [0.1, 0.15) is 10.7 Å². The van der Waals surface area contributed by atoms with E-state index in [2.05, 4.69) is 15.3 Å². The van der Waals surface area contributed by atoms with Gasteiger partial charge >= 0.3 is 12.2 Å². The van der Waals surface area contributed by atoms with Crippen LogP contribution in [-0.4, -0.2) is 22.5 Å². The van der Waals surface area contributed by atoms with Crippen LogP contribution in [0.15, 0.2) is 54.2 Å². The summed E-state index contributed by atoms with van der Waals surface area (Å²) in [7, 11) is 0. The third-order valence-electron chi connectivity index (χ3n) is 5.23. The smallest absolute Gasteiger partial charge is 0.345 e. The summed E-state index contributed by atoms with van der Waals surface area (Å²) in [5.74, 6) is -0.646. The predicted octanol–water partition coefficient (Wildman–Crippen LogP) is 5.72. The Balaban J connectivity index is 1.48. The molecule has 4 aromatic rings. The third kappa shape index (κ3) is 3.42. The van der Waals surface area contributed by atoms with Crippen LogP contribution >= 0.6 is 11.3 Å². The number of benzene rings is 2. The lowest BCUT2D eigenvalue weighted by molar-refractivity contribution is -0.134. The minimum atomic E-state index is -4.47. The van der Waals surface area contributed by atoms with Gasteiger partial charge in [0.05, 0.1) is 23.4 Å². The number of thiophene rings is 1.